The van der Waals surface area contributed by atoms with E-state index in [1.807, 2.05) is 0 Å². The quantitative estimate of drug-likeness (QED) is 0.723. The first-order chi connectivity index (χ1) is 5.51. The van der Waals surface area contributed by atoms with Crippen molar-refractivity contribution in [1.82, 2.24) is 10.1 Å². The van der Waals surface area contributed by atoms with Gasteiger partial charge in [-0.2, -0.15) is 4.98 Å². The Kier molecular flexibility index (Phi) is 2.47. The molecule has 0 aliphatic rings. The molecule has 0 bridgehead atoms. The molecule has 0 unspecified atom stereocenters. The van der Waals surface area contributed by atoms with Crippen LogP contribution in [-0.4, -0.2) is 15.2 Å². The molecule has 1 N–H and O–H groups in total. The van der Waals surface area contributed by atoms with Gasteiger partial charge in [-0.1, -0.05) is 25.9 Å². The van der Waals surface area contributed by atoms with E-state index in [1.165, 1.54) is 0 Å². The first kappa shape index (κ1) is 9.19. The Hall–Kier alpha value is -0.900. The highest BCUT2D eigenvalue weighted by atomic mass is 16.5. The Balaban J connectivity index is 2.64. The Bertz CT molecular complexity index is 250. The zero-order valence-electron chi connectivity index (χ0n) is 7.66. The zero-order chi connectivity index (χ0) is 9.19. The van der Waals surface area contributed by atoms with Crippen LogP contribution < -0.4 is 0 Å². The molecule has 4 nitrogen and oxygen atoms in total. The number of aromatic nitrogens is 2. The average molecular weight is 170 g/mol. The first-order valence-corrected chi connectivity index (χ1v) is 3.93. The largest absolute Gasteiger partial charge is 0.387 e. The monoisotopic (exact) mass is 170 g/mol. The fraction of sp³-hybridized carbons (Fsp3) is 0.750. The van der Waals surface area contributed by atoms with Gasteiger partial charge in [0.05, 0.1) is 0 Å². The van der Waals surface area contributed by atoms with Crippen molar-refractivity contribution in [2.45, 2.75) is 33.8 Å². The number of aliphatic hydroxyl groups is 1. The van der Waals surface area contributed by atoms with Crippen LogP contribution >= 0.6 is 0 Å². The van der Waals surface area contributed by atoms with Gasteiger partial charge in [-0.3, -0.25) is 0 Å². The molecule has 0 aliphatic heterocycles. The second-order valence-electron chi connectivity index (χ2n) is 4.00. The summed E-state index contributed by atoms with van der Waals surface area (Å²) >= 11 is 0. The molecule has 1 rings (SSSR count). The summed E-state index contributed by atoms with van der Waals surface area (Å²) in [5.74, 6) is 0.945. The highest BCUT2D eigenvalue weighted by Gasteiger charge is 2.15. The molecule has 1 aromatic rings. The maximum atomic E-state index is 8.65. The minimum Gasteiger partial charge on any atom is -0.387 e. The smallest absolute Gasteiger partial charge is 0.252 e. The van der Waals surface area contributed by atoms with Crippen molar-refractivity contribution in [2.75, 3.05) is 0 Å². The van der Waals surface area contributed by atoms with Crippen molar-refractivity contribution in [1.29, 1.82) is 0 Å². The molecule has 0 saturated carbocycles. The average Bonchev–Trinajstić information content (AvgIpc) is 2.32. The van der Waals surface area contributed by atoms with Crippen LogP contribution in [0.3, 0.4) is 0 Å². The van der Waals surface area contributed by atoms with Crippen LogP contribution in [0.4, 0.5) is 0 Å². The van der Waals surface area contributed by atoms with Gasteiger partial charge in [-0.05, 0) is 5.41 Å². The van der Waals surface area contributed by atoms with Crippen molar-refractivity contribution in [2.24, 2.45) is 5.41 Å². The van der Waals surface area contributed by atoms with Crippen molar-refractivity contribution >= 4 is 0 Å². The molecule has 0 aromatic carbocycles. The van der Waals surface area contributed by atoms with E-state index in [2.05, 4.69) is 30.9 Å². The maximum absolute atomic E-state index is 8.65. The van der Waals surface area contributed by atoms with E-state index in [0.29, 0.717) is 5.82 Å². The fourth-order valence-electron chi connectivity index (χ4n) is 0.901. The predicted molar refractivity (Wildman–Crippen MR) is 43.4 cm³/mol. The van der Waals surface area contributed by atoms with Crippen LogP contribution in [0.15, 0.2) is 4.52 Å². The van der Waals surface area contributed by atoms with Gasteiger partial charge >= 0.3 is 0 Å². The van der Waals surface area contributed by atoms with Gasteiger partial charge in [0.25, 0.3) is 5.89 Å². The Morgan fingerprint density at radius 2 is 2.08 bits per heavy atom. The minimum atomic E-state index is -0.183. The summed E-state index contributed by atoms with van der Waals surface area (Å²) in [6, 6.07) is 0. The van der Waals surface area contributed by atoms with Crippen molar-refractivity contribution < 1.29 is 9.63 Å². The molecule has 0 fully saturated rings. The molecule has 0 aliphatic carbocycles. The molecule has 1 heterocycles. The summed E-state index contributed by atoms with van der Waals surface area (Å²) in [6.07, 6.45) is 0.760. The molecular formula is C8H14N2O2. The van der Waals surface area contributed by atoms with Gasteiger partial charge in [0.2, 0.25) is 0 Å². The molecule has 0 saturated heterocycles. The van der Waals surface area contributed by atoms with E-state index < -0.39 is 0 Å². The van der Waals surface area contributed by atoms with Crippen LogP contribution in [0.25, 0.3) is 0 Å². The summed E-state index contributed by atoms with van der Waals surface area (Å²) in [7, 11) is 0. The van der Waals surface area contributed by atoms with Gasteiger partial charge in [0, 0.05) is 6.42 Å². The van der Waals surface area contributed by atoms with E-state index in [0.717, 1.165) is 6.42 Å². The minimum absolute atomic E-state index is 0.149. The van der Waals surface area contributed by atoms with Crippen LogP contribution in [0.5, 0.6) is 0 Å². The third-order valence-electron chi connectivity index (χ3n) is 1.33. The predicted octanol–water partition coefficient (Wildman–Crippen LogP) is 1.15. The van der Waals surface area contributed by atoms with Crippen molar-refractivity contribution in [3.8, 4) is 0 Å². The fourth-order valence-corrected chi connectivity index (χ4v) is 0.901. The highest BCUT2D eigenvalue weighted by molar-refractivity contribution is 4.88. The number of rotatable bonds is 2. The summed E-state index contributed by atoms with van der Waals surface area (Å²) < 4.78 is 4.75. The molecule has 68 valence electrons. The van der Waals surface area contributed by atoms with E-state index in [4.69, 9.17) is 9.63 Å². The normalized spacial score (nSPS) is 12.0. The molecule has 0 atom stereocenters. The molecule has 0 amide bonds. The summed E-state index contributed by atoms with van der Waals surface area (Å²) in [4.78, 5) is 3.99. The molecule has 4 heteroatoms. The van der Waals surface area contributed by atoms with Gasteiger partial charge in [0.1, 0.15) is 6.61 Å². The van der Waals surface area contributed by atoms with E-state index >= 15 is 0 Å². The third-order valence-corrected chi connectivity index (χ3v) is 1.33. The number of hydrogen-bond acceptors (Lipinski definition) is 4. The van der Waals surface area contributed by atoms with Gasteiger partial charge in [-0.25, -0.2) is 0 Å². The molecule has 0 spiro atoms. The number of nitrogens with zero attached hydrogens (tertiary/aromatic N) is 2. The number of aliphatic hydroxyl groups excluding tert-OH is 1. The van der Waals surface area contributed by atoms with Crippen LogP contribution in [0.2, 0.25) is 0 Å². The Morgan fingerprint density at radius 3 is 2.50 bits per heavy atom. The van der Waals surface area contributed by atoms with Crippen molar-refractivity contribution in [3.63, 3.8) is 0 Å². The summed E-state index contributed by atoms with van der Waals surface area (Å²) in [5.41, 5.74) is 0.149. The molecule has 0 radical (unpaired) electrons. The van der Waals surface area contributed by atoms with E-state index in [1.54, 1.807) is 0 Å². The standard InChI is InChI=1S/C8H14N2O2/c1-8(2,3)4-6-9-7(5-11)12-10-6/h11H,4-5H2,1-3H3. The van der Waals surface area contributed by atoms with Crippen LogP contribution in [0, 0.1) is 5.41 Å². The molecule has 12 heavy (non-hydrogen) atoms. The number of hydrogen-bond donors (Lipinski definition) is 1. The lowest BCUT2D eigenvalue weighted by Gasteiger charge is -2.14. The SMILES string of the molecule is CC(C)(C)Cc1noc(CO)n1. The highest BCUT2D eigenvalue weighted by Crippen LogP contribution is 2.18. The zero-order valence-corrected chi connectivity index (χ0v) is 7.66. The lowest BCUT2D eigenvalue weighted by atomic mass is 9.92. The third kappa shape index (κ3) is 2.62. The van der Waals surface area contributed by atoms with Crippen molar-refractivity contribution in [3.05, 3.63) is 11.7 Å². The maximum Gasteiger partial charge on any atom is 0.252 e. The topological polar surface area (TPSA) is 59.2 Å². The lowest BCUT2D eigenvalue weighted by Crippen LogP contribution is -2.10. The van der Waals surface area contributed by atoms with Gasteiger partial charge in [-0.15, -0.1) is 0 Å². The first-order valence-electron chi connectivity index (χ1n) is 3.93. The summed E-state index contributed by atoms with van der Waals surface area (Å²) in [6.45, 7) is 6.11. The van der Waals surface area contributed by atoms with Gasteiger partial charge < -0.3 is 9.63 Å². The second-order valence-corrected chi connectivity index (χ2v) is 4.00. The Labute approximate surface area is 71.6 Å². The second kappa shape index (κ2) is 3.23. The lowest BCUT2D eigenvalue weighted by molar-refractivity contribution is 0.222. The van der Waals surface area contributed by atoms with Crippen LogP contribution in [-0.2, 0) is 13.0 Å². The Morgan fingerprint density at radius 1 is 1.42 bits per heavy atom. The van der Waals surface area contributed by atoms with E-state index in [9.17, 15) is 0 Å². The van der Waals surface area contributed by atoms with Crippen LogP contribution in [0.1, 0.15) is 32.5 Å². The summed E-state index contributed by atoms with van der Waals surface area (Å²) in [5, 5.41) is 12.4. The van der Waals surface area contributed by atoms with Gasteiger partial charge in [0.15, 0.2) is 5.82 Å². The van der Waals surface area contributed by atoms with E-state index in [-0.39, 0.29) is 17.9 Å². The molecular weight excluding hydrogens is 156 g/mol. The molecule has 1 aromatic heterocycles.